The molecule has 7 heteroatoms. The summed E-state index contributed by atoms with van der Waals surface area (Å²) in [5.74, 6) is -1.32. The fourth-order valence-corrected chi connectivity index (χ4v) is 1.71. The van der Waals surface area contributed by atoms with E-state index in [0.29, 0.717) is 5.76 Å². The highest BCUT2D eigenvalue weighted by molar-refractivity contribution is 6.33. The second-order valence-corrected chi connectivity index (χ2v) is 4.54. The van der Waals surface area contributed by atoms with Crippen LogP contribution in [0.5, 0.6) is 0 Å². The standard InChI is InChI=1S/C15H11ClFNO4/c16-12-8-10(17)3-5-13(12)18-14(19)9-22-15(20)6-4-11-2-1-7-21-11/h1-8H,9H2,(H,18,19). The van der Waals surface area contributed by atoms with E-state index in [1.807, 2.05) is 0 Å². The predicted octanol–water partition coefficient (Wildman–Crippen LogP) is 3.27. The average molecular weight is 324 g/mol. The summed E-state index contributed by atoms with van der Waals surface area (Å²) in [6.45, 7) is -0.491. The van der Waals surface area contributed by atoms with Gasteiger partial charge in [0.2, 0.25) is 0 Å². The Morgan fingerprint density at radius 1 is 1.36 bits per heavy atom. The Bertz CT molecular complexity index is 698. The van der Waals surface area contributed by atoms with E-state index in [2.05, 4.69) is 5.32 Å². The Hall–Kier alpha value is -2.60. The molecule has 5 nitrogen and oxygen atoms in total. The Labute approximate surface area is 130 Å². The first kappa shape index (κ1) is 15.8. The number of ether oxygens (including phenoxy) is 1. The summed E-state index contributed by atoms with van der Waals surface area (Å²) in [7, 11) is 0. The summed E-state index contributed by atoms with van der Waals surface area (Å²) in [6.07, 6.45) is 4.01. The molecule has 1 aromatic heterocycles. The highest BCUT2D eigenvalue weighted by Gasteiger charge is 2.08. The van der Waals surface area contributed by atoms with Gasteiger partial charge in [-0.3, -0.25) is 4.79 Å². The van der Waals surface area contributed by atoms with Gasteiger partial charge in [-0.1, -0.05) is 11.6 Å². The van der Waals surface area contributed by atoms with E-state index >= 15 is 0 Å². The Morgan fingerprint density at radius 3 is 2.86 bits per heavy atom. The van der Waals surface area contributed by atoms with Crippen molar-refractivity contribution < 1.29 is 23.1 Å². The van der Waals surface area contributed by atoms with E-state index in [0.717, 1.165) is 18.2 Å². The molecule has 0 aliphatic rings. The number of carbonyl (C=O) groups is 2. The van der Waals surface area contributed by atoms with E-state index in [1.165, 1.54) is 18.4 Å². The van der Waals surface area contributed by atoms with Crippen molar-refractivity contribution in [3.63, 3.8) is 0 Å². The van der Waals surface area contributed by atoms with Gasteiger partial charge in [0.1, 0.15) is 11.6 Å². The van der Waals surface area contributed by atoms with Crippen molar-refractivity contribution in [3.8, 4) is 0 Å². The maximum absolute atomic E-state index is 12.9. The Morgan fingerprint density at radius 2 is 2.18 bits per heavy atom. The van der Waals surface area contributed by atoms with E-state index in [9.17, 15) is 14.0 Å². The highest BCUT2D eigenvalue weighted by Crippen LogP contribution is 2.22. The summed E-state index contributed by atoms with van der Waals surface area (Å²) >= 11 is 5.76. The van der Waals surface area contributed by atoms with Crippen molar-refractivity contribution in [2.24, 2.45) is 0 Å². The minimum atomic E-state index is -0.697. The number of carbonyl (C=O) groups excluding carboxylic acids is 2. The number of esters is 1. The average Bonchev–Trinajstić information content (AvgIpc) is 2.99. The maximum atomic E-state index is 12.9. The monoisotopic (exact) mass is 323 g/mol. The number of halogens is 2. The van der Waals surface area contributed by atoms with Crippen molar-refractivity contribution in [2.75, 3.05) is 11.9 Å². The van der Waals surface area contributed by atoms with Gasteiger partial charge in [-0.15, -0.1) is 0 Å². The summed E-state index contributed by atoms with van der Waals surface area (Å²) in [5, 5.41) is 2.46. The molecule has 0 aliphatic heterocycles. The molecule has 0 atom stereocenters. The van der Waals surface area contributed by atoms with Gasteiger partial charge in [0, 0.05) is 6.08 Å². The van der Waals surface area contributed by atoms with Crippen molar-refractivity contribution >= 4 is 35.2 Å². The fraction of sp³-hybridized carbons (Fsp3) is 0.0667. The smallest absolute Gasteiger partial charge is 0.331 e. The van der Waals surface area contributed by atoms with Gasteiger partial charge in [0.05, 0.1) is 17.0 Å². The lowest BCUT2D eigenvalue weighted by molar-refractivity contribution is -0.142. The SMILES string of the molecule is O=C(COC(=O)C=Cc1ccco1)Nc1ccc(F)cc1Cl. The molecule has 0 saturated heterocycles. The first-order valence-electron chi connectivity index (χ1n) is 6.18. The van der Waals surface area contributed by atoms with Crippen LogP contribution < -0.4 is 5.32 Å². The quantitative estimate of drug-likeness (QED) is 0.677. The van der Waals surface area contributed by atoms with Crippen LogP contribution in [0.25, 0.3) is 6.08 Å². The molecule has 0 radical (unpaired) electrons. The van der Waals surface area contributed by atoms with Crippen molar-refractivity contribution in [3.05, 3.63) is 59.3 Å². The fourth-order valence-electron chi connectivity index (χ4n) is 1.50. The molecule has 0 saturated carbocycles. The van der Waals surface area contributed by atoms with E-state index in [4.69, 9.17) is 20.8 Å². The van der Waals surface area contributed by atoms with Crippen LogP contribution in [0.1, 0.15) is 5.76 Å². The van der Waals surface area contributed by atoms with Gasteiger partial charge >= 0.3 is 5.97 Å². The molecule has 0 fully saturated rings. The number of rotatable bonds is 5. The zero-order valence-corrected chi connectivity index (χ0v) is 12.0. The molecule has 114 valence electrons. The van der Waals surface area contributed by atoms with Gasteiger partial charge in [0.15, 0.2) is 6.61 Å². The van der Waals surface area contributed by atoms with Crippen LogP contribution in [0.2, 0.25) is 5.02 Å². The van der Waals surface area contributed by atoms with Crippen LogP contribution in [-0.4, -0.2) is 18.5 Å². The zero-order chi connectivity index (χ0) is 15.9. The summed E-state index contributed by atoms with van der Waals surface area (Å²) < 4.78 is 22.6. The molecule has 0 aliphatic carbocycles. The van der Waals surface area contributed by atoms with Crippen LogP contribution in [-0.2, 0) is 14.3 Å². The lowest BCUT2D eigenvalue weighted by Crippen LogP contribution is -2.20. The van der Waals surface area contributed by atoms with E-state index < -0.39 is 24.3 Å². The van der Waals surface area contributed by atoms with E-state index in [-0.39, 0.29) is 10.7 Å². The molecule has 0 spiro atoms. The van der Waals surface area contributed by atoms with Crippen LogP contribution in [0.3, 0.4) is 0 Å². The molecule has 2 aromatic rings. The summed E-state index contributed by atoms with van der Waals surface area (Å²) in [6, 6.07) is 6.86. The Kier molecular flexibility index (Phi) is 5.32. The van der Waals surface area contributed by atoms with Crippen molar-refractivity contribution in [2.45, 2.75) is 0 Å². The lowest BCUT2D eigenvalue weighted by Gasteiger charge is -2.07. The van der Waals surface area contributed by atoms with E-state index in [1.54, 1.807) is 12.1 Å². The van der Waals surface area contributed by atoms with Crippen LogP contribution in [0, 0.1) is 5.82 Å². The molecule has 1 aromatic carbocycles. The second kappa shape index (κ2) is 7.42. The minimum absolute atomic E-state index is 0.0531. The molecule has 1 heterocycles. The number of benzene rings is 1. The molecule has 1 N–H and O–H groups in total. The first-order chi connectivity index (χ1) is 10.5. The molecule has 0 unspecified atom stereocenters. The molecular formula is C15H11ClFNO4. The predicted molar refractivity (Wildman–Crippen MR) is 78.7 cm³/mol. The largest absolute Gasteiger partial charge is 0.465 e. The molecule has 2 rings (SSSR count). The van der Waals surface area contributed by atoms with Gasteiger partial charge < -0.3 is 14.5 Å². The van der Waals surface area contributed by atoms with Crippen molar-refractivity contribution in [1.29, 1.82) is 0 Å². The van der Waals surface area contributed by atoms with Gasteiger partial charge in [-0.25, -0.2) is 9.18 Å². The molecule has 22 heavy (non-hydrogen) atoms. The maximum Gasteiger partial charge on any atom is 0.331 e. The normalized spacial score (nSPS) is 10.6. The van der Waals surface area contributed by atoms with Crippen LogP contribution in [0.4, 0.5) is 10.1 Å². The molecular weight excluding hydrogens is 313 g/mol. The highest BCUT2D eigenvalue weighted by atomic mass is 35.5. The van der Waals surface area contributed by atoms with Crippen LogP contribution in [0.15, 0.2) is 47.1 Å². The number of hydrogen-bond donors (Lipinski definition) is 1. The van der Waals surface area contributed by atoms with Crippen molar-refractivity contribution in [1.82, 2.24) is 0 Å². The number of furan rings is 1. The molecule has 1 amide bonds. The number of anilines is 1. The first-order valence-corrected chi connectivity index (χ1v) is 6.55. The zero-order valence-electron chi connectivity index (χ0n) is 11.2. The third kappa shape index (κ3) is 4.75. The van der Waals surface area contributed by atoms with Gasteiger partial charge in [-0.2, -0.15) is 0 Å². The summed E-state index contributed by atoms with van der Waals surface area (Å²) in [4.78, 5) is 23.0. The third-order valence-corrected chi connectivity index (χ3v) is 2.79. The number of nitrogens with one attached hydrogen (secondary N) is 1. The number of amides is 1. The van der Waals surface area contributed by atoms with Gasteiger partial charge in [-0.05, 0) is 36.4 Å². The third-order valence-electron chi connectivity index (χ3n) is 2.48. The molecule has 0 bridgehead atoms. The summed E-state index contributed by atoms with van der Waals surface area (Å²) in [5.41, 5.74) is 0.232. The lowest BCUT2D eigenvalue weighted by atomic mass is 10.3. The topological polar surface area (TPSA) is 68.5 Å². The Balaban J connectivity index is 1.81. The second-order valence-electron chi connectivity index (χ2n) is 4.13. The number of hydrogen-bond acceptors (Lipinski definition) is 4. The van der Waals surface area contributed by atoms with Gasteiger partial charge in [0.25, 0.3) is 5.91 Å². The van der Waals surface area contributed by atoms with Crippen LogP contribution >= 0.6 is 11.6 Å². The minimum Gasteiger partial charge on any atom is -0.465 e.